The number of aromatic nitrogens is 3. The van der Waals surface area contributed by atoms with Crippen LogP contribution in [0.1, 0.15) is 28.1 Å². The van der Waals surface area contributed by atoms with Gasteiger partial charge in [-0.15, -0.1) is 0 Å². The van der Waals surface area contributed by atoms with Crippen LogP contribution in [-0.2, 0) is 12.4 Å². The predicted octanol–water partition coefficient (Wildman–Crippen LogP) is 9.43. The zero-order chi connectivity index (χ0) is 30.7. The van der Waals surface area contributed by atoms with Gasteiger partial charge in [0.15, 0.2) is 5.82 Å². The smallest absolute Gasteiger partial charge is 0.309 e. The molecule has 0 aliphatic heterocycles. The first-order chi connectivity index (χ1) is 20.3. The summed E-state index contributed by atoms with van der Waals surface area (Å²) in [5.74, 6) is 0.362. The molecule has 0 amide bonds. The Bertz CT molecular complexity index is 2050. The summed E-state index contributed by atoms with van der Waals surface area (Å²) in [5, 5.41) is 11.4. The van der Waals surface area contributed by atoms with E-state index in [0.29, 0.717) is 28.2 Å². The summed E-state index contributed by atoms with van der Waals surface area (Å²) >= 11 is 0. The number of hydrogen-bond donors (Lipinski definition) is 0. The van der Waals surface area contributed by atoms with Crippen LogP contribution in [0.2, 0.25) is 0 Å². The first-order valence-electron chi connectivity index (χ1n) is 13.0. The lowest BCUT2D eigenvalue weighted by molar-refractivity contribution is -0.143. The summed E-state index contributed by atoms with van der Waals surface area (Å²) in [6.07, 6.45) is -9.94. The van der Waals surface area contributed by atoms with Crippen LogP contribution in [0.4, 0.5) is 26.3 Å². The van der Waals surface area contributed by atoms with E-state index in [2.05, 4.69) is 16.0 Å². The molecule has 0 aliphatic carbocycles. The number of nitrogens with zero attached hydrogens (tertiary/aromatic N) is 4. The number of halogens is 6. The molecule has 0 N–H and O–H groups in total. The van der Waals surface area contributed by atoms with Gasteiger partial charge in [-0.25, -0.2) is 9.97 Å². The zero-order valence-electron chi connectivity index (χ0n) is 22.6. The molecule has 0 unspecified atom stereocenters. The van der Waals surface area contributed by atoms with Crippen molar-refractivity contribution < 1.29 is 26.3 Å². The van der Waals surface area contributed by atoms with Gasteiger partial charge >= 0.3 is 12.4 Å². The number of benzene rings is 4. The Morgan fingerprint density at radius 2 is 1.28 bits per heavy atom. The highest BCUT2D eigenvalue weighted by atomic mass is 19.4. The van der Waals surface area contributed by atoms with Gasteiger partial charge in [-0.3, -0.25) is 0 Å². The molecule has 0 aliphatic rings. The molecule has 0 bridgehead atoms. The van der Waals surface area contributed by atoms with Crippen molar-refractivity contribution in [3.05, 3.63) is 113 Å². The largest absolute Gasteiger partial charge is 0.416 e. The van der Waals surface area contributed by atoms with Crippen molar-refractivity contribution >= 4 is 21.8 Å². The van der Waals surface area contributed by atoms with E-state index in [-0.39, 0.29) is 17.2 Å². The first-order valence-corrected chi connectivity index (χ1v) is 13.0. The second-order valence-corrected chi connectivity index (χ2v) is 10.2. The molecule has 4 nitrogen and oxygen atoms in total. The Kier molecular flexibility index (Phi) is 6.49. The topological polar surface area (TPSA) is 54.5 Å². The number of aryl methyl sites for hydroxylation is 2. The molecule has 0 saturated carbocycles. The van der Waals surface area contributed by atoms with E-state index in [0.717, 1.165) is 39.8 Å². The fraction of sp³-hybridized carbons (Fsp3) is 0.121. The Morgan fingerprint density at radius 1 is 0.651 bits per heavy atom. The molecule has 0 radical (unpaired) electrons. The van der Waals surface area contributed by atoms with Gasteiger partial charge in [0.25, 0.3) is 0 Å². The third-order valence-corrected chi connectivity index (χ3v) is 7.20. The molecule has 6 rings (SSSR count). The molecule has 0 saturated heterocycles. The third-order valence-electron chi connectivity index (χ3n) is 7.20. The van der Waals surface area contributed by atoms with E-state index >= 15 is 0 Å². The predicted molar refractivity (Wildman–Crippen MR) is 151 cm³/mol. The Morgan fingerprint density at radius 3 is 1.91 bits per heavy atom. The van der Waals surface area contributed by atoms with Gasteiger partial charge in [0.05, 0.1) is 33.8 Å². The summed E-state index contributed by atoms with van der Waals surface area (Å²) in [6.45, 7) is 3.64. The van der Waals surface area contributed by atoms with Crippen LogP contribution in [0.15, 0.2) is 84.9 Å². The minimum Gasteiger partial charge on any atom is -0.309 e. The van der Waals surface area contributed by atoms with Gasteiger partial charge in [-0.2, -0.15) is 31.6 Å². The zero-order valence-corrected chi connectivity index (χ0v) is 22.6. The molecule has 43 heavy (non-hydrogen) atoms. The average Bonchev–Trinajstić information content (AvgIpc) is 3.29. The quantitative estimate of drug-likeness (QED) is 0.194. The van der Waals surface area contributed by atoms with Crippen molar-refractivity contribution in [3.63, 3.8) is 0 Å². The Labute approximate surface area is 241 Å². The second kappa shape index (κ2) is 9.98. The van der Waals surface area contributed by atoms with Gasteiger partial charge in [0, 0.05) is 33.4 Å². The maximum absolute atomic E-state index is 13.6. The van der Waals surface area contributed by atoms with Crippen LogP contribution in [0.5, 0.6) is 0 Å². The van der Waals surface area contributed by atoms with Crippen molar-refractivity contribution in [1.29, 1.82) is 5.26 Å². The first kappa shape index (κ1) is 28.0. The van der Waals surface area contributed by atoms with Crippen molar-refractivity contribution in [3.8, 4) is 34.3 Å². The lowest BCUT2D eigenvalue weighted by Gasteiger charge is -2.15. The molecule has 214 valence electrons. The molecule has 2 aromatic heterocycles. The monoisotopic (exact) mass is 586 g/mol. The number of nitriles is 1. The second-order valence-electron chi connectivity index (χ2n) is 10.2. The van der Waals surface area contributed by atoms with Crippen LogP contribution in [0.3, 0.4) is 0 Å². The standard InChI is InChI=1S/C33H20F6N4/c1-18-11-19(2)42-31(41-18)28-16-25(9-7-21(28)17-40)43-29-6-4-3-5-26(29)27-10-8-20(14-30(27)43)22-12-23(32(34,35)36)15-24(13-22)33(37,38)39/h3-16H,1-2H3. The van der Waals surface area contributed by atoms with Crippen LogP contribution in [-0.4, -0.2) is 14.5 Å². The molecule has 2 heterocycles. The lowest BCUT2D eigenvalue weighted by Crippen LogP contribution is -2.11. The van der Waals surface area contributed by atoms with Gasteiger partial charge in [-0.1, -0.05) is 30.3 Å². The van der Waals surface area contributed by atoms with Crippen molar-refractivity contribution in [1.82, 2.24) is 14.5 Å². The van der Waals surface area contributed by atoms with Gasteiger partial charge in [0.1, 0.15) is 0 Å². The van der Waals surface area contributed by atoms with E-state index in [1.165, 1.54) is 6.07 Å². The van der Waals surface area contributed by atoms with Crippen molar-refractivity contribution in [2.75, 3.05) is 0 Å². The summed E-state index contributed by atoms with van der Waals surface area (Å²) in [7, 11) is 0. The highest BCUT2D eigenvalue weighted by molar-refractivity contribution is 6.10. The number of para-hydroxylation sites is 1. The molecular formula is C33H20F6N4. The van der Waals surface area contributed by atoms with Crippen LogP contribution in [0.25, 0.3) is 50.0 Å². The fourth-order valence-electron chi connectivity index (χ4n) is 5.35. The van der Waals surface area contributed by atoms with E-state index in [1.807, 2.05) is 48.7 Å². The molecule has 6 aromatic rings. The number of fused-ring (bicyclic) bond motifs is 3. The fourth-order valence-corrected chi connectivity index (χ4v) is 5.35. The minimum atomic E-state index is -4.97. The van der Waals surface area contributed by atoms with E-state index in [1.54, 1.807) is 30.3 Å². The molecule has 10 heteroatoms. The molecule has 0 fully saturated rings. The molecule has 0 spiro atoms. The third kappa shape index (κ3) is 5.07. The number of rotatable bonds is 3. The number of hydrogen-bond acceptors (Lipinski definition) is 3. The highest BCUT2D eigenvalue weighted by Crippen LogP contribution is 2.41. The Hall–Kier alpha value is -5.17. The number of alkyl halides is 6. The van der Waals surface area contributed by atoms with E-state index < -0.39 is 23.5 Å². The normalized spacial score (nSPS) is 12.2. The lowest BCUT2D eigenvalue weighted by atomic mass is 9.98. The summed E-state index contributed by atoms with van der Waals surface area (Å²) in [4.78, 5) is 9.03. The maximum Gasteiger partial charge on any atom is 0.416 e. The molecule has 0 atom stereocenters. The van der Waals surface area contributed by atoms with Crippen LogP contribution < -0.4 is 0 Å². The van der Waals surface area contributed by atoms with Crippen molar-refractivity contribution in [2.45, 2.75) is 26.2 Å². The molecule has 4 aromatic carbocycles. The van der Waals surface area contributed by atoms with Gasteiger partial charge in [-0.05, 0) is 79.6 Å². The SMILES string of the molecule is Cc1cc(C)nc(-c2cc(-n3c4ccccc4c4ccc(-c5cc(C(F)(F)F)cc(C(F)(F)F)c5)cc43)ccc2C#N)n1. The summed E-state index contributed by atoms with van der Waals surface area (Å²) in [6, 6.07) is 22.9. The molecular weight excluding hydrogens is 566 g/mol. The van der Waals surface area contributed by atoms with Gasteiger partial charge in [0.2, 0.25) is 0 Å². The summed E-state index contributed by atoms with van der Waals surface area (Å²) in [5.41, 5.74) is 1.39. The van der Waals surface area contributed by atoms with E-state index in [4.69, 9.17) is 0 Å². The average molecular weight is 587 g/mol. The van der Waals surface area contributed by atoms with E-state index in [9.17, 15) is 31.6 Å². The van der Waals surface area contributed by atoms with Crippen LogP contribution >= 0.6 is 0 Å². The van der Waals surface area contributed by atoms with Crippen LogP contribution in [0, 0.1) is 25.2 Å². The maximum atomic E-state index is 13.6. The Balaban J connectivity index is 1.63. The highest BCUT2D eigenvalue weighted by Gasteiger charge is 2.37. The summed E-state index contributed by atoms with van der Waals surface area (Å²) < 4.78 is 83.5. The van der Waals surface area contributed by atoms with Crippen molar-refractivity contribution in [2.24, 2.45) is 0 Å². The minimum absolute atomic E-state index is 0.117. The van der Waals surface area contributed by atoms with Gasteiger partial charge < -0.3 is 4.57 Å².